The maximum atomic E-state index is 9.44. The Morgan fingerprint density at radius 2 is 1.94 bits per heavy atom. The smallest absolute Gasteiger partial charge is 0.0690 e. The van der Waals surface area contributed by atoms with E-state index >= 15 is 0 Å². The van der Waals surface area contributed by atoms with Crippen molar-refractivity contribution < 1.29 is 9.84 Å². The van der Waals surface area contributed by atoms with Gasteiger partial charge in [0.25, 0.3) is 0 Å². The van der Waals surface area contributed by atoms with Crippen molar-refractivity contribution in [3.05, 3.63) is 0 Å². The summed E-state index contributed by atoms with van der Waals surface area (Å²) in [5.74, 6) is 0.762. The Morgan fingerprint density at radius 1 is 1.17 bits per heavy atom. The third kappa shape index (κ3) is 1.47. The first kappa shape index (κ1) is 11.7. The average Bonchev–Trinajstić information content (AvgIpc) is 2.80. The van der Waals surface area contributed by atoms with E-state index in [4.69, 9.17) is 4.74 Å². The zero-order valence-electron chi connectivity index (χ0n) is 11.2. The van der Waals surface area contributed by atoms with Gasteiger partial charge < -0.3 is 15.2 Å². The fourth-order valence-corrected chi connectivity index (χ4v) is 4.90. The van der Waals surface area contributed by atoms with Gasteiger partial charge >= 0.3 is 0 Å². The predicted octanol–water partition coefficient (Wildman–Crippen LogP) is 1.70. The quantitative estimate of drug-likeness (QED) is 0.799. The van der Waals surface area contributed by atoms with Crippen LogP contribution in [0.25, 0.3) is 0 Å². The lowest BCUT2D eigenvalue weighted by Gasteiger charge is -2.57. The zero-order chi connectivity index (χ0) is 12.2. The molecule has 0 amide bonds. The molecule has 0 aromatic carbocycles. The zero-order valence-corrected chi connectivity index (χ0v) is 11.2. The predicted molar refractivity (Wildman–Crippen MR) is 69.3 cm³/mol. The van der Waals surface area contributed by atoms with Gasteiger partial charge in [0.15, 0.2) is 0 Å². The van der Waals surface area contributed by atoms with E-state index < -0.39 is 0 Å². The summed E-state index contributed by atoms with van der Waals surface area (Å²) in [7, 11) is 0. The van der Waals surface area contributed by atoms with Gasteiger partial charge in [-0.05, 0) is 32.1 Å². The molecular formula is C15H25NO2. The van der Waals surface area contributed by atoms with Crippen LogP contribution in [0.5, 0.6) is 0 Å². The molecule has 3 atom stereocenters. The van der Waals surface area contributed by atoms with Gasteiger partial charge in [-0.25, -0.2) is 0 Å². The molecule has 1 aliphatic heterocycles. The highest BCUT2D eigenvalue weighted by atomic mass is 16.5. The van der Waals surface area contributed by atoms with Crippen molar-refractivity contribution in [3.63, 3.8) is 0 Å². The average molecular weight is 251 g/mol. The SMILES string of the molecule is OCC1(CNC2C3CCOC3C23CCCC3)CC1. The van der Waals surface area contributed by atoms with Gasteiger partial charge in [0.2, 0.25) is 0 Å². The van der Waals surface area contributed by atoms with Crippen LogP contribution in [-0.4, -0.2) is 37.0 Å². The van der Waals surface area contributed by atoms with Crippen LogP contribution in [0.4, 0.5) is 0 Å². The van der Waals surface area contributed by atoms with Crippen molar-refractivity contribution in [2.75, 3.05) is 19.8 Å². The number of fused-ring (bicyclic) bond motifs is 2. The van der Waals surface area contributed by atoms with E-state index in [0.29, 0.717) is 24.2 Å². The molecule has 3 unspecified atom stereocenters. The molecule has 0 bridgehead atoms. The molecule has 1 saturated heterocycles. The highest BCUT2D eigenvalue weighted by molar-refractivity contribution is 5.17. The van der Waals surface area contributed by atoms with E-state index in [0.717, 1.165) is 19.1 Å². The molecule has 1 heterocycles. The lowest BCUT2D eigenvalue weighted by Crippen LogP contribution is -2.67. The van der Waals surface area contributed by atoms with Crippen LogP contribution < -0.4 is 5.32 Å². The Morgan fingerprint density at radius 3 is 2.61 bits per heavy atom. The minimum absolute atomic E-state index is 0.240. The highest BCUT2D eigenvalue weighted by Gasteiger charge is 2.64. The minimum Gasteiger partial charge on any atom is -0.396 e. The second-order valence-corrected chi connectivity index (χ2v) is 7.20. The fourth-order valence-electron chi connectivity index (χ4n) is 4.90. The largest absolute Gasteiger partial charge is 0.396 e. The van der Waals surface area contributed by atoms with Crippen LogP contribution in [0, 0.1) is 16.7 Å². The number of hydrogen-bond acceptors (Lipinski definition) is 3. The van der Waals surface area contributed by atoms with E-state index in [9.17, 15) is 5.11 Å². The van der Waals surface area contributed by atoms with Gasteiger partial charge in [-0.3, -0.25) is 0 Å². The number of ether oxygens (including phenoxy) is 1. The van der Waals surface area contributed by atoms with Crippen molar-refractivity contribution in [2.24, 2.45) is 16.7 Å². The molecule has 0 aromatic heterocycles. The van der Waals surface area contributed by atoms with Crippen molar-refractivity contribution >= 4 is 0 Å². The molecule has 18 heavy (non-hydrogen) atoms. The highest BCUT2D eigenvalue weighted by Crippen LogP contribution is 2.61. The van der Waals surface area contributed by atoms with Crippen molar-refractivity contribution in [2.45, 2.75) is 57.1 Å². The molecule has 3 nitrogen and oxygen atoms in total. The topological polar surface area (TPSA) is 41.5 Å². The van der Waals surface area contributed by atoms with E-state index in [2.05, 4.69) is 5.32 Å². The summed E-state index contributed by atoms with van der Waals surface area (Å²) in [6.45, 7) is 2.36. The molecule has 1 spiro atoms. The summed E-state index contributed by atoms with van der Waals surface area (Å²) < 4.78 is 6.00. The fraction of sp³-hybridized carbons (Fsp3) is 1.00. The van der Waals surface area contributed by atoms with Crippen molar-refractivity contribution in [1.29, 1.82) is 0 Å². The Kier molecular flexibility index (Phi) is 2.56. The van der Waals surface area contributed by atoms with Crippen LogP contribution in [0.15, 0.2) is 0 Å². The lowest BCUT2D eigenvalue weighted by atomic mass is 9.54. The maximum absolute atomic E-state index is 9.44. The second kappa shape index (κ2) is 3.94. The van der Waals surface area contributed by atoms with Gasteiger partial charge in [0.1, 0.15) is 0 Å². The van der Waals surface area contributed by atoms with E-state index in [1.165, 1.54) is 44.9 Å². The summed E-state index contributed by atoms with van der Waals surface area (Å²) >= 11 is 0. The van der Waals surface area contributed by atoms with Crippen molar-refractivity contribution in [1.82, 2.24) is 5.32 Å². The molecule has 2 N–H and O–H groups in total. The molecule has 4 rings (SSSR count). The van der Waals surface area contributed by atoms with Gasteiger partial charge in [0.05, 0.1) is 6.10 Å². The summed E-state index contributed by atoms with van der Waals surface area (Å²) in [6.07, 6.45) is 9.71. The summed E-state index contributed by atoms with van der Waals surface area (Å²) in [4.78, 5) is 0. The minimum atomic E-state index is 0.240. The summed E-state index contributed by atoms with van der Waals surface area (Å²) in [5, 5.41) is 13.3. The molecule has 4 fully saturated rings. The number of rotatable bonds is 4. The first-order chi connectivity index (χ1) is 8.80. The number of nitrogens with one attached hydrogen (secondary N) is 1. The normalized spacial score (nSPS) is 42.8. The number of aliphatic hydroxyl groups is 1. The van der Waals surface area contributed by atoms with Crippen LogP contribution in [0.2, 0.25) is 0 Å². The lowest BCUT2D eigenvalue weighted by molar-refractivity contribution is -0.131. The molecule has 3 saturated carbocycles. The van der Waals surface area contributed by atoms with Crippen LogP contribution in [0.3, 0.4) is 0 Å². The molecule has 3 heteroatoms. The Balaban J connectivity index is 1.45. The number of aliphatic hydroxyl groups excluding tert-OH is 1. The molecule has 3 aliphatic carbocycles. The first-order valence-electron chi connectivity index (χ1n) is 7.76. The van der Waals surface area contributed by atoms with Gasteiger partial charge in [-0.1, -0.05) is 12.8 Å². The van der Waals surface area contributed by atoms with E-state index in [1.54, 1.807) is 0 Å². The van der Waals surface area contributed by atoms with Crippen molar-refractivity contribution in [3.8, 4) is 0 Å². The Bertz CT molecular complexity index is 333. The summed E-state index contributed by atoms with van der Waals surface area (Å²) in [5.41, 5.74) is 0.705. The van der Waals surface area contributed by atoms with Gasteiger partial charge in [0, 0.05) is 42.5 Å². The van der Waals surface area contributed by atoms with Crippen LogP contribution in [-0.2, 0) is 4.74 Å². The molecule has 0 aromatic rings. The molecule has 102 valence electrons. The van der Waals surface area contributed by atoms with Gasteiger partial charge in [-0.2, -0.15) is 0 Å². The van der Waals surface area contributed by atoms with Gasteiger partial charge in [-0.15, -0.1) is 0 Å². The van der Waals surface area contributed by atoms with Crippen LogP contribution in [0.1, 0.15) is 44.9 Å². The third-order valence-corrected chi connectivity index (χ3v) is 6.28. The van der Waals surface area contributed by atoms with E-state index in [-0.39, 0.29) is 5.41 Å². The maximum Gasteiger partial charge on any atom is 0.0690 e. The monoisotopic (exact) mass is 251 g/mol. The van der Waals surface area contributed by atoms with Crippen LogP contribution >= 0.6 is 0 Å². The third-order valence-electron chi connectivity index (χ3n) is 6.28. The summed E-state index contributed by atoms with van der Waals surface area (Å²) in [6, 6.07) is 0.677. The molecular weight excluding hydrogens is 226 g/mol. The Hall–Kier alpha value is -0.120. The number of hydrogen-bond donors (Lipinski definition) is 2. The Labute approximate surface area is 109 Å². The van der Waals surface area contributed by atoms with E-state index in [1.807, 2.05) is 0 Å². The molecule has 0 radical (unpaired) electrons. The second-order valence-electron chi connectivity index (χ2n) is 7.20. The first-order valence-corrected chi connectivity index (χ1v) is 7.76. The molecule has 4 aliphatic rings. The standard InChI is InChI=1S/C15H25NO2/c17-10-14(6-7-14)9-16-12-11-3-8-18-13(11)15(12)4-1-2-5-15/h11-13,16-17H,1-10H2.